The number of hydrogen-bond donors (Lipinski definition) is 2. The van der Waals surface area contributed by atoms with E-state index in [1.165, 1.54) is 0 Å². The number of aliphatic hydroxyl groups excluding tert-OH is 1. The molecule has 4 nitrogen and oxygen atoms in total. The second-order valence-electron chi connectivity index (χ2n) is 5.13. The molecule has 0 radical (unpaired) electrons. The molecule has 0 atom stereocenters. The highest BCUT2D eigenvalue weighted by Crippen LogP contribution is 2.23. The van der Waals surface area contributed by atoms with Crippen LogP contribution in [0.15, 0.2) is 17.8 Å². The second kappa shape index (κ2) is 5.38. The highest BCUT2D eigenvalue weighted by atomic mass is 32.1. The summed E-state index contributed by atoms with van der Waals surface area (Å²) in [4.78, 5) is 5.61. The number of aromatic nitrogens is 2. The topological polar surface area (TPSA) is 49.6 Å². The molecule has 0 saturated heterocycles. The van der Waals surface area contributed by atoms with Crippen molar-refractivity contribution in [3.8, 4) is 0 Å². The molecule has 1 fully saturated rings. The lowest BCUT2D eigenvalue weighted by Crippen LogP contribution is -2.27. The summed E-state index contributed by atoms with van der Waals surface area (Å²) in [5, 5.41) is 15.0. The van der Waals surface area contributed by atoms with Crippen LogP contribution < -0.4 is 5.32 Å². The van der Waals surface area contributed by atoms with Gasteiger partial charge in [-0.05, 0) is 38.1 Å². The predicted molar refractivity (Wildman–Crippen MR) is 72.7 cm³/mol. The average Bonchev–Trinajstić information content (AvgIpc) is 2.92. The Hall–Kier alpha value is -0.910. The van der Waals surface area contributed by atoms with Gasteiger partial charge in [0.25, 0.3) is 0 Å². The van der Waals surface area contributed by atoms with Crippen molar-refractivity contribution in [1.29, 1.82) is 0 Å². The first-order valence-electron chi connectivity index (χ1n) is 6.61. The Bertz CT molecular complexity index is 471. The van der Waals surface area contributed by atoms with Gasteiger partial charge in [-0.15, -0.1) is 11.3 Å². The van der Waals surface area contributed by atoms with Crippen molar-refractivity contribution in [2.75, 3.05) is 6.54 Å². The zero-order valence-electron chi connectivity index (χ0n) is 10.4. The number of rotatable bonds is 4. The second-order valence-corrected chi connectivity index (χ2v) is 6.00. The Morgan fingerprint density at radius 2 is 2.22 bits per heavy atom. The quantitative estimate of drug-likeness (QED) is 0.889. The lowest BCUT2D eigenvalue weighted by molar-refractivity contribution is 0.108. The lowest BCUT2D eigenvalue weighted by atomic mass is 9.87. The van der Waals surface area contributed by atoms with Gasteiger partial charge >= 0.3 is 0 Å². The van der Waals surface area contributed by atoms with E-state index in [2.05, 4.69) is 20.9 Å². The molecule has 2 N–H and O–H groups in total. The van der Waals surface area contributed by atoms with Crippen molar-refractivity contribution >= 4 is 16.3 Å². The Labute approximate surface area is 111 Å². The maximum Gasteiger partial charge on any atom is 0.193 e. The normalized spacial score (nSPS) is 24.7. The van der Waals surface area contributed by atoms with Gasteiger partial charge in [-0.3, -0.25) is 4.40 Å². The number of aliphatic hydroxyl groups is 1. The Balaban J connectivity index is 1.45. The van der Waals surface area contributed by atoms with Crippen LogP contribution in [0, 0.1) is 5.92 Å². The van der Waals surface area contributed by atoms with Gasteiger partial charge in [-0.25, -0.2) is 4.98 Å². The monoisotopic (exact) mass is 265 g/mol. The van der Waals surface area contributed by atoms with E-state index in [-0.39, 0.29) is 6.10 Å². The summed E-state index contributed by atoms with van der Waals surface area (Å²) in [7, 11) is 0. The SMILES string of the molecule is OC1CCC(CNCc2cn3ccsc3n2)CC1. The molecule has 2 aromatic rings. The van der Waals surface area contributed by atoms with Crippen LogP contribution in [-0.4, -0.2) is 27.1 Å². The molecular formula is C13H19N3OS. The van der Waals surface area contributed by atoms with Crippen LogP contribution in [0.25, 0.3) is 4.96 Å². The van der Waals surface area contributed by atoms with Crippen molar-refractivity contribution in [2.45, 2.75) is 38.3 Å². The van der Waals surface area contributed by atoms with E-state index in [1.54, 1.807) is 11.3 Å². The molecular weight excluding hydrogens is 246 g/mol. The molecule has 5 heteroatoms. The van der Waals surface area contributed by atoms with E-state index < -0.39 is 0 Å². The van der Waals surface area contributed by atoms with Gasteiger partial charge in [-0.2, -0.15) is 0 Å². The fraction of sp³-hybridized carbons (Fsp3) is 0.615. The van der Waals surface area contributed by atoms with E-state index in [9.17, 15) is 5.11 Å². The van der Waals surface area contributed by atoms with E-state index in [0.717, 1.165) is 55.3 Å². The minimum Gasteiger partial charge on any atom is -0.393 e. The first-order valence-corrected chi connectivity index (χ1v) is 7.49. The minimum absolute atomic E-state index is 0.0545. The van der Waals surface area contributed by atoms with Crippen molar-refractivity contribution in [3.05, 3.63) is 23.5 Å². The molecule has 18 heavy (non-hydrogen) atoms. The van der Waals surface area contributed by atoms with Gasteiger partial charge in [0.2, 0.25) is 0 Å². The first-order chi connectivity index (χ1) is 8.81. The molecule has 1 aliphatic rings. The minimum atomic E-state index is -0.0545. The van der Waals surface area contributed by atoms with Crippen LogP contribution in [0.4, 0.5) is 0 Å². The highest BCUT2D eigenvalue weighted by Gasteiger charge is 2.18. The number of hydrogen-bond acceptors (Lipinski definition) is 4. The van der Waals surface area contributed by atoms with Crippen LogP contribution in [0.2, 0.25) is 0 Å². The van der Waals surface area contributed by atoms with Gasteiger partial charge in [0.05, 0.1) is 11.8 Å². The summed E-state index contributed by atoms with van der Waals surface area (Å²) < 4.78 is 2.07. The summed E-state index contributed by atoms with van der Waals surface area (Å²) in [6, 6.07) is 0. The Morgan fingerprint density at radius 3 is 3.00 bits per heavy atom. The molecule has 2 aromatic heterocycles. The summed E-state index contributed by atoms with van der Waals surface area (Å²) >= 11 is 1.67. The molecule has 0 unspecified atom stereocenters. The van der Waals surface area contributed by atoms with Gasteiger partial charge in [0, 0.05) is 24.3 Å². The van der Waals surface area contributed by atoms with Gasteiger partial charge in [0.1, 0.15) is 0 Å². The zero-order valence-corrected chi connectivity index (χ0v) is 11.2. The van der Waals surface area contributed by atoms with E-state index in [1.807, 2.05) is 11.6 Å². The van der Waals surface area contributed by atoms with Crippen molar-refractivity contribution in [1.82, 2.24) is 14.7 Å². The molecule has 0 spiro atoms. The third kappa shape index (κ3) is 2.74. The number of nitrogens with zero attached hydrogens (tertiary/aromatic N) is 2. The van der Waals surface area contributed by atoms with Gasteiger partial charge in [0.15, 0.2) is 4.96 Å². The molecule has 0 aliphatic heterocycles. The first kappa shape index (κ1) is 12.1. The van der Waals surface area contributed by atoms with Crippen LogP contribution in [0.5, 0.6) is 0 Å². The molecule has 2 heterocycles. The summed E-state index contributed by atoms with van der Waals surface area (Å²) in [5.41, 5.74) is 1.11. The zero-order chi connectivity index (χ0) is 12.4. The number of fused-ring (bicyclic) bond motifs is 1. The average molecular weight is 265 g/mol. The molecule has 1 aliphatic carbocycles. The van der Waals surface area contributed by atoms with Crippen LogP contribution >= 0.6 is 11.3 Å². The van der Waals surface area contributed by atoms with Crippen molar-refractivity contribution in [3.63, 3.8) is 0 Å². The maximum atomic E-state index is 9.46. The largest absolute Gasteiger partial charge is 0.393 e. The fourth-order valence-electron chi connectivity index (χ4n) is 2.61. The third-order valence-corrected chi connectivity index (χ3v) is 4.47. The van der Waals surface area contributed by atoms with Crippen molar-refractivity contribution in [2.24, 2.45) is 5.92 Å². The third-order valence-electron chi connectivity index (χ3n) is 3.70. The molecule has 0 aromatic carbocycles. The molecule has 0 bridgehead atoms. The predicted octanol–water partition coefficient (Wildman–Crippen LogP) is 2.04. The number of imidazole rings is 1. The van der Waals surface area contributed by atoms with E-state index in [0.29, 0.717) is 0 Å². The molecule has 1 saturated carbocycles. The summed E-state index contributed by atoms with van der Waals surface area (Å²) in [6.07, 6.45) is 8.29. The number of nitrogens with one attached hydrogen (secondary N) is 1. The van der Waals surface area contributed by atoms with Gasteiger partial charge < -0.3 is 10.4 Å². The van der Waals surface area contributed by atoms with Crippen molar-refractivity contribution < 1.29 is 5.11 Å². The van der Waals surface area contributed by atoms with Crippen LogP contribution in [0.3, 0.4) is 0 Å². The Morgan fingerprint density at radius 1 is 1.39 bits per heavy atom. The van der Waals surface area contributed by atoms with E-state index in [4.69, 9.17) is 0 Å². The summed E-state index contributed by atoms with van der Waals surface area (Å²) in [6.45, 7) is 1.88. The standard InChI is InChI=1S/C13H19N3OS/c17-12-3-1-10(2-4-12)7-14-8-11-9-16-5-6-18-13(16)15-11/h5-6,9-10,12,14,17H,1-4,7-8H2. The molecule has 0 amide bonds. The maximum absolute atomic E-state index is 9.46. The van der Waals surface area contributed by atoms with Crippen LogP contribution in [-0.2, 0) is 6.54 Å². The molecule has 98 valence electrons. The highest BCUT2D eigenvalue weighted by molar-refractivity contribution is 7.15. The van der Waals surface area contributed by atoms with Gasteiger partial charge in [-0.1, -0.05) is 0 Å². The van der Waals surface area contributed by atoms with Crippen LogP contribution in [0.1, 0.15) is 31.4 Å². The molecule has 3 rings (SSSR count). The fourth-order valence-corrected chi connectivity index (χ4v) is 3.33. The summed E-state index contributed by atoms with van der Waals surface area (Å²) in [5.74, 6) is 0.720. The number of thiazole rings is 1. The van der Waals surface area contributed by atoms with E-state index >= 15 is 0 Å². The Kier molecular flexibility index (Phi) is 3.63. The smallest absolute Gasteiger partial charge is 0.193 e. The lowest BCUT2D eigenvalue weighted by Gasteiger charge is -2.25.